The molecule has 2 aromatic carbocycles. The van der Waals surface area contributed by atoms with Gasteiger partial charge in [0.25, 0.3) is 5.91 Å². The van der Waals surface area contributed by atoms with E-state index in [9.17, 15) is 24.3 Å². The minimum Gasteiger partial charge on any atom is -0.479 e. The smallest absolute Gasteiger partial charge is 0.334 e. The number of piperazine rings is 1. The van der Waals surface area contributed by atoms with Crippen molar-refractivity contribution < 1.29 is 24.3 Å². The Labute approximate surface area is 190 Å². The number of carbonyl (C=O) groups excluding carboxylic acids is 3. The zero-order chi connectivity index (χ0) is 24.3. The molecule has 0 radical (unpaired) electrons. The van der Waals surface area contributed by atoms with Crippen molar-refractivity contribution in [2.24, 2.45) is 5.73 Å². The first-order chi connectivity index (χ1) is 15.6. The summed E-state index contributed by atoms with van der Waals surface area (Å²) in [5.74, 6) is -3.82. The average molecular weight is 451 g/mol. The summed E-state index contributed by atoms with van der Waals surface area (Å²) in [6.07, 6.45) is -0.942. The number of amides is 3. The van der Waals surface area contributed by atoms with Crippen LogP contribution in [0.25, 0.3) is 0 Å². The number of nitrogens with two attached hydrogens (primary N) is 1. The van der Waals surface area contributed by atoms with Gasteiger partial charge in [-0.1, -0.05) is 42.5 Å². The predicted octanol–water partition coefficient (Wildman–Crippen LogP) is 0.717. The van der Waals surface area contributed by atoms with Crippen molar-refractivity contribution in [2.45, 2.75) is 25.6 Å². The van der Waals surface area contributed by atoms with Gasteiger partial charge < -0.3 is 26.0 Å². The molecular weight excluding hydrogens is 426 g/mol. The fourth-order valence-electron chi connectivity index (χ4n) is 3.80. The van der Waals surface area contributed by atoms with Crippen LogP contribution in [0, 0.1) is 5.41 Å². The molecule has 0 spiro atoms. The molecule has 3 amide bonds. The molecule has 1 aliphatic heterocycles. The minimum atomic E-state index is -1.82. The molecular formula is C23H25N5O5. The standard InChI is InChI=1S/C23H25N5O5/c1-3-27-17(26-19(29)15-11-9-14(10-12-15)18(24)25)13-28(21(31)20(27)30)23(2,22(32)33)16-7-5-4-6-8-16/h4-12,17H,3,13H2,1-2H3,(H3,24,25)(H,26,29)(H,32,33). The molecule has 5 N–H and O–H groups in total. The highest BCUT2D eigenvalue weighted by molar-refractivity contribution is 6.36. The van der Waals surface area contributed by atoms with Gasteiger partial charge in [-0.3, -0.25) is 19.8 Å². The molecule has 0 bridgehead atoms. The summed E-state index contributed by atoms with van der Waals surface area (Å²) in [5.41, 5.74) is 4.65. The maximum absolute atomic E-state index is 12.9. The quantitative estimate of drug-likeness (QED) is 0.276. The Morgan fingerprint density at radius 1 is 1.09 bits per heavy atom. The highest BCUT2D eigenvalue weighted by atomic mass is 16.4. The molecule has 0 aromatic heterocycles. The van der Waals surface area contributed by atoms with E-state index in [1.165, 1.54) is 36.1 Å². The second-order valence-corrected chi connectivity index (χ2v) is 7.73. The van der Waals surface area contributed by atoms with Gasteiger partial charge in [-0.2, -0.15) is 0 Å². The number of benzene rings is 2. The first-order valence-corrected chi connectivity index (χ1v) is 10.3. The maximum atomic E-state index is 12.9. The lowest BCUT2D eigenvalue weighted by molar-refractivity contribution is -0.172. The summed E-state index contributed by atoms with van der Waals surface area (Å²) in [6, 6.07) is 14.2. The van der Waals surface area contributed by atoms with Crippen molar-refractivity contribution in [3.05, 3.63) is 71.3 Å². The van der Waals surface area contributed by atoms with Crippen molar-refractivity contribution in [1.82, 2.24) is 15.1 Å². The van der Waals surface area contributed by atoms with Gasteiger partial charge in [-0.25, -0.2) is 4.79 Å². The molecule has 0 aliphatic carbocycles. The molecule has 3 rings (SSSR count). The fourth-order valence-corrected chi connectivity index (χ4v) is 3.80. The van der Waals surface area contributed by atoms with E-state index in [1.54, 1.807) is 37.3 Å². The molecule has 2 unspecified atom stereocenters. The number of nitrogens with zero attached hydrogens (tertiary/aromatic N) is 2. The molecule has 10 nitrogen and oxygen atoms in total. The fraction of sp³-hybridized carbons (Fsp3) is 0.261. The molecule has 1 saturated heterocycles. The van der Waals surface area contributed by atoms with E-state index in [-0.39, 0.29) is 24.5 Å². The van der Waals surface area contributed by atoms with Gasteiger partial charge in [-0.15, -0.1) is 0 Å². The van der Waals surface area contributed by atoms with Crippen molar-refractivity contribution in [1.29, 1.82) is 5.41 Å². The van der Waals surface area contributed by atoms with Crippen LogP contribution in [0.3, 0.4) is 0 Å². The van der Waals surface area contributed by atoms with Crippen molar-refractivity contribution in [2.75, 3.05) is 13.1 Å². The maximum Gasteiger partial charge on any atom is 0.334 e. The minimum absolute atomic E-state index is 0.139. The molecule has 0 saturated carbocycles. The zero-order valence-electron chi connectivity index (χ0n) is 18.2. The summed E-state index contributed by atoms with van der Waals surface area (Å²) >= 11 is 0. The van der Waals surface area contributed by atoms with E-state index in [0.29, 0.717) is 11.1 Å². The lowest BCUT2D eigenvalue weighted by Crippen LogP contribution is -2.69. The van der Waals surface area contributed by atoms with Crippen LogP contribution in [0.1, 0.15) is 35.3 Å². The van der Waals surface area contributed by atoms with Crippen LogP contribution in [-0.2, 0) is 19.9 Å². The number of carbonyl (C=O) groups is 4. The average Bonchev–Trinajstić information content (AvgIpc) is 2.81. The molecule has 2 aromatic rings. The first-order valence-electron chi connectivity index (χ1n) is 10.3. The Hall–Kier alpha value is -4.21. The number of hydrogen-bond donors (Lipinski definition) is 4. The van der Waals surface area contributed by atoms with Gasteiger partial charge in [0.1, 0.15) is 12.0 Å². The molecule has 2 atom stereocenters. The summed E-state index contributed by atoms with van der Waals surface area (Å²) in [6.45, 7) is 2.95. The van der Waals surface area contributed by atoms with Crippen LogP contribution in [0.2, 0.25) is 0 Å². The van der Waals surface area contributed by atoms with Crippen molar-refractivity contribution in [3.8, 4) is 0 Å². The Kier molecular flexibility index (Phi) is 6.47. The van der Waals surface area contributed by atoms with Gasteiger partial charge in [-0.05, 0) is 31.5 Å². The Bertz CT molecular complexity index is 1100. The van der Waals surface area contributed by atoms with E-state index in [2.05, 4.69) is 5.32 Å². The van der Waals surface area contributed by atoms with E-state index in [4.69, 9.17) is 11.1 Å². The van der Waals surface area contributed by atoms with E-state index >= 15 is 0 Å². The van der Waals surface area contributed by atoms with Crippen LogP contribution >= 0.6 is 0 Å². The van der Waals surface area contributed by atoms with Crippen molar-refractivity contribution >= 4 is 29.5 Å². The number of amidine groups is 1. The number of likely N-dealkylation sites (N-methyl/N-ethyl adjacent to an activating group) is 1. The van der Waals surface area contributed by atoms with Gasteiger partial charge in [0.15, 0.2) is 5.54 Å². The number of aliphatic carboxylic acids is 1. The molecule has 10 heteroatoms. The Balaban J connectivity index is 1.94. The van der Waals surface area contributed by atoms with Gasteiger partial charge in [0, 0.05) is 17.7 Å². The number of rotatable bonds is 7. The monoisotopic (exact) mass is 451 g/mol. The van der Waals surface area contributed by atoms with E-state index < -0.39 is 35.4 Å². The highest BCUT2D eigenvalue weighted by Gasteiger charge is 2.51. The lowest BCUT2D eigenvalue weighted by Gasteiger charge is -2.46. The van der Waals surface area contributed by atoms with Crippen LogP contribution in [0.4, 0.5) is 0 Å². The topological polar surface area (TPSA) is 157 Å². The second kappa shape index (κ2) is 9.11. The van der Waals surface area contributed by atoms with Gasteiger partial charge >= 0.3 is 17.8 Å². The summed E-state index contributed by atoms with van der Waals surface area (Å²) < 4.78 is 0. The Morgan fingerprint density at radius 3 is 2.18 bits per heavy atom. The number of carboxylic acid groups (broad SMARTS) is 1. The van der Waals surface area contributed by atoms with E-state index in [1.807, 2.05) is 0 Å². The van der Waals surface area contributed by atoms with E-state index in [0.717, 1.165) is 4.90 Å². The van der Waals surface area contributed by atoms with Crippen LogP contribution in [0.15, 0.2) is 54.6 Å². The molecule has 1 heterocycles. The molecule has 172 valence electrons. The number of carboxylic acids is 1. The summed E-state index contributed by atoms with van der Waals surface area (Å²) in [5, 5.41) is 20.2. The SMILES string of the molecule is CCN1C(=O)C(=O)N(C(C)(C(=O)O)c2ccccc2)CC1NC(=O)c1ccc(C(=N)N)cc1. The Morgan fingerprint density at radius 2 is 1.67 bits per heavy atom. The van der Waals surface area contributed by atoms with Crippen molar-refractivity contribution in [3.63, 3.8) is 0 Å². The van der Waals surface area contributed by atoms with Gasteiger partial charge in [0.2, 0.25) is 0 Å². The number of nitrogen functional groups attached to an aromatic ring is 1. The molecule has 1 aliphatic rings. The van der Waals surface area contributed by atoms with Crippen LogP contribution in [-0.4, -0.2) is 63.7 Å². The molecule has 33 heavy (non-hydrogen) atoms. The lowest BCUT2D eigenvalue weighted by atomic mass is 9.88. The number of hydrogen-bond acceptors (Lipinski definition) is 5. The van der Waals surface area contributed by atoms with Crippen LogP contribution in [0.5, 0.6) is 0 Å². The summed E-state index contributed by atoms with van der Waals surface area (Å²) in [7, 11) is 0. The third-order valence-electron chi connectivity index (χ3n) is 5.81. The zero-order valence-corrected chi connectivity index (χ0v) is 18.2. The van der Waals surface area contributed by atoms with Crippen LogP contribution < -0.4 is 11.1 Å². The second-order valence-electron chi connectivity index (χ2n) is 7.73. The largest absolute Gasteiger partial charge is 0.479 e. The summed E-state index contributed by atoms with van der Waals surface area (Å²) in [4.78, 5) is 53.2. The first kappa shape index (κ1) is 23.5. The third-order valence-corrected chi connectivity index (χ3v) is 5.81. The number of nitrogens with one attached hydrogen (secondary N) is 2. The van der Waals surface area contributed by atoms with Gasteiger partial charge in [0.05, 0.1) is 6.54 Å². The normalized spacial score (nSPS) is 17.9. The molecule has 1 fully saturated rings. The predicted molar refractivity (Wildman–Crippen MR) is 119 cm³/mol. The third kappa shape index (κ3) is 4.27. The highest BCUT2D eigenvalue weighted by Crippen LogP contribution is 2.31.